The number of benzene rings is 1. The summed E-state index contributed by atoms with van der Waals surface area (Å²) in [5.74, 6) is -0.0541. The maximum Gasteiger partial charge on any atom is 0.138 e. The molecule has 1 saturated heterocycles. The quantitative estimate of drug-likeness (QED) is 0.815. The molecule has 1 aromatic heterocycles. The van der Waals surface area contributed by atoms with Crippen molar-refractivity contribution in [1.29, 1.82) is 0 Å². The van der Waals surface area contributed by atoms with Gasteiger partial charge in [0, 0.05) is 50.1 Å². The van der Waals surface area contributed by atoms with Crippen LogP contribution in [0.25, 0.3) is 0 Å². The summed E-state index contributed by atoms with van der Waals surface area (Å²) < 4.78 is 14.0. The van der Waals surface area contributed by atoms with Gasteiger partial charge in [0.2, 0.25) is 0 Å². The van der Waals surface area contributed by atoms with Crippen molar-refractivity contribution < 1.29 is 9.50 Å². The lowest BCUT2D eigenvalue weighted by Gasteiger charge is -2.37. The third-order valence-corrected chi connectivity index (χ3v) is 5.28. The number of aryl methyl sites for hydroxylation is 1. The van der Waals surface area contributed by atoms with Crippen LogP contribution in [0, 0.1) is 12.7 Å². The molecule has 27 heavy (non-hydrogen) atoms. The van der Waals surface area contributed by atoms with Crippen molar-refractivity contribution in [3.63, 3.8) is 0 Å². The average molecular weight is 372 g/mol. The van der Waals surface area contributed by atoms with E-state index in [0.717, 1.165) is 49.7 Å². The van der Waals surface area contributed by atoms with E-state index in [0.29, 0.717) is 12.2 Å². The standard InChI is InChI=1S/C21H29FN4O/c1-4-25-9-11-26(12-10-25)20-7-6-17(22)13-18(20)16(3)23-14-19-21(27)8-5-15(2)24-19/h5-8,13,16,23,27H,4,9-12,14H2,1-3H3/t16-/m0/s1. The van der Waals surface area contributed by atoms with E-state index in [-0.39, 0.29) is 17.6 Å². The molecule has 0 unspecified atom stereocenters. The molecule has 5 nitrogen and oxygen atoms in total. The van der Waals surface area contributed by atoms with Gasteiger partial charge in [-0.05, 0) is 56.3 Å². The molecule has 3 rings (SSSR count). The summed E-state index contributed by atoms with van der Waals surface area (Å²) in [5.41, 5.74) is 3.48. The van der Waals surface area contributed by atoms with E-state index in [1.165, 1.54) is 6.07 Å². The molecular formula is C21H29FN4O. The van der Waals surface area contributed by atoms with Crippen LogP contribution in [0.1, 0.15) is 36.8 Å². The van der Waals surface area contributed by atoms with Gasteiger partial charge in [-0.25, -0.2) is 4.39 Å². The summed E-state index contributed by atoms with van der Waals surface area (Å²) in [7, 11) is 0. The van der Waals surface area contributed by atoms with Crippen LogP contribution in [0.5, 0.6) is 5.75 Å². The van der Waals surface area contributed by atoms with Gasteiger partial charge in [-0.2, -0.15) is 0 Å². The van der Waals surface area contributed by atoms with Crippen molar-refractivity contribution in [2.75, 3.05) is 37.6 Å². The Morgan fingerprint density at radius 2 is 1.93 bits per heavy atom. The third-order valence-electron chi connectivity index (χ3n) is 5.28. The molecule has 146 valence electrons. The van der Waals surface area contributed by atoms with Crippen LogP contribution in [0.4, 0.5) is 10.1 Å². The number of anilines is 1. The van der Waals surface area contributed by atoms with E-state index in [2.05, 4.69) is 27.0 Å². The summed E-state index contributed by atoms with van der Waals surface area (Å²) in [6.45, 7) is 11.5. The minimum Gasteiger partial charge on any atom is -0.506 e. The fourth-order valence-electron chi connectivity index (χ4n) is 3.56. The Morgan fingerprint density at radius 1 is 1.19 bits per heavy atom. The first kappa shape index (κ1) is 19.6. The van der Waals surface area contributed by atoms with E-state index >= 15 is 0 Å². The highest BCUT2D eigenvalue weighted by Crippen LogP contribution is 2.29. The van der Waals surface area contributed by atoms with Gasteiger partial charge in [0.15, 0.2) is 0 Å². The number of hydrogen-bond acceptors (Lipinski definition) is 5. The van der Waals surface area contributed by atoms with Crippen molar-refractivity contribution in [2.45, 2.75) is 33.4 Å². The molecule has 0 bridgehead atoms. The van der Waals surface area contributed by atoms with Gasteiger partial charge in [-0.1, -0.05) is 6.92 Å². The van der Waals surface area contributed by atoms with Crippen LogP contribution in [-0.2, 0) is 6.54 Å². The predicted octanol–water partition coefficient (Wildman–Crippen LogP) is 3.23. The number of aromatic nitrogens is 1. The summed E-state index contributed by atoms with van der Waals surface area (Å²) >= 11 is 0. The van der Waals surface area contributed by atoms with Crippen LogP contribution >= 0.6 is 0 Å². The first-order chi connectivity index (χ1) is 13.0. The highest BCUT2D eigenvalue weighted by molar-refractivity contribution is 5.55. The van der Waals surface area contributed by atoms with E-state index in [1.807, 2.05) is 19.9 Å². The maximum absolute atomic E-state index is 14.0. The van der Waals surface area contributed by atoms with Gasteiger partial charge in [0.05, 0.1) is 5.69 Å². The Morgan fingerprint density at radius 3 is 2.63 bits per heavy atom. The number of likely N-dealkylation sites (N-methyl/N-ethyl adjacent to an activating group) is 1. The van der Waals surface area contributed by atoms with Crippen molar-refractivity contribution in [3.05, 3.63) is 53.1 Å². The highest BCUT2D eigenvalue weighted by atomic mass is 19.1. The largest absolute Gasteiger partial charge is 0.506 e. The van der Waals surface area contributed by atoms with Crippen molar-refractivity contribution in [2.24, 2.45) is 0 Å². The van der Waals surface area contributed by atoms with Crippen LogP contribution in [0.3, 0.4) is 0 Å². The van der Waals surface area contributed by atoms with Gasteiger partial charge in [-0.15, -0.1) is 0 Å². The zero-order chi connectivity index (χ0) is 19.4. The molecule has 0 saturated carbocycles. The summed E-state index contributed by atoms with van der Waals surface area (Å²) in [6.07, 6.45) is 0. The normalized spacial score (nSPS) is 16.5. The molecule has 1 aliphatic heterocycles. The number of nitrogens with zero attached hydrogens (tertiary/aromatic N) is 3. The summed E-state index contributed by atoms with van der Waals surface area (Å²) in [5, 5.41) is 13.4. The molecule has 2 heterocycles. The fraction of sp³-hybridized carbons (Fsp3) is 0.476. The molecule has 1 fully saturated rings. The Balaban J connectivity index is 1.75. The lowest BCUT2D eigenvalue weighted by Crippen LogP contribution is -2.46. The monoisotopic (exact) mass is 372 g/mol. The molecule has 1 aliphatic rings. The molecule has 2 N–H and O–H groups in total. The van der Waals surface area contributed by atoms with Gasteiger partial charge < -0.3 is 20.2 Å². The number of halogens is 1. The lowest BCUT2D eigenvalue weighted by molar-refractivity contribution is 0.271. The summed E-state index contributed by atoms with van der Waals surface area (Å²) in [6, 6.07) is 8.40. The second-order valence-electron chi connectivity index (χ2n) is 7.15. The van der Waals surface area contributed by atoms with E-state index in [4.69, 9.17) is 0 Å². The van der Waals surface area contributed by atoms with Crippen molar-refractivity contribution in [1.82, 2.24) is 15.2 Å². The van der Waals surface area contributed by atoms with Crippen molar-refractivity contribution in [3.8, 4) is 5.75 Å². The SMILES string of the molecule is CCN1CCN(c2ccc(F)cc2[C@H](C)NCc2nc(C)ccc2O)CC1. The Kier molecular flexibility index (Phi) is 6.29. The van der Waals surface area contributed by atoms with Crippen LogP contribution < -0.4 is 10.2 Å². The van der Waals surface area contributed by atoms with Crippen LogP contribution in [-0.4, -0.2) is 47.7 Å². The minimum atomic E-state index is -0.230. The van der Waals surface area contributed by atoms with Crippen LogP contribution in [0.2, 0.25) is 0 Å². The zero-order valence-electron chi connectivity index (χ0n) is 16.4. The molecule has 0 spiro atoms. The van der Waals surface area contributed by atoms with Crippen molar-refractivity contribution >= 4 is 5.69 Å². The maximum atomic E-state index is 14.0. The molecule has 6 heteroatoms. The fourth-order valence-corrected chi connectivity index (χ4v) is 3.56. The molecule has 1 aromatic carbocycles. The number of nitrogens with one attached hydrogen (secondary N) is 1. The molecular weight excluding hydrogens is 343 g/mol. The lowest BCUT2D eigenvalue weighted by atomic mass is 10.0. The second-order valence-corrected chi connectivity index (χ2v) is 7.15. The molecule has 1 atom stereocenters. The predicted molar refractivity (Wildman–Crippen MR) is 107 cm³/mol. The number of hydrogen-bond donors (Lipinski definition) is 2. The topological polar surface area (TPSA) is 51.6 Å². The number of piperazine rings is 1. The Hall–Kier alpha value is -2.18. The van der Waals surface area contributed by atoms with E-state index < -0.39 is 0 Å². The second kappa shape index (κ2) is 8.67. The van der Waals surface area contributed by atoms with Gasteiger partial charge in [0.1, 0.15) is 11.6 Å². The van der Waals surface area contributed by atoms with Gasteiger partial charge in [-0.3, -0.25) is 4.98 Å². The van der Waals surface area contributed by atoms with E-state index in [9.17, 15) is 9.50 Å². The first-order valence-electron chi connectivity index (χ1n) is 9.63. The van der Waals surface area contributed by atoms with Gasteiger partial charge in [0.25, 0.3) is 0 Å². The van der Waals surface area contributed by atoms with Crippen LogP contribution in [0.15, 0.2) is 30.3 Å². The third kappa shape index (κ3) is 4.76. The highest BCUT2D eigenvalue weighted by Gasteiger charge is 2.21. The number of aromatic hydroxyl groups is 1. The zero-order valence-corrected chi connectivity index (χ0v) is 16.4. The Labute approximate surface area is 160 Å². The van der Waals surface area contributed by atoms with E-state index in [1.54, 1.807) is 18.2 Å². The first-order valence-corrected chi connectivity index (χ1v) is 9.63. The molecule has 0 aliphatic carbocycles. The number of pyridine rings is 1. The minimum absolute atomic E-state index is 0.0679. The molecule has 0 radical (unpaired) electrons. The number of rotatable bonds is 6. The smallest absolute Gasteiger partial charge is 0.138 e. The van der Waals surface area contributed by atoms with Gasteiger partial charge >= 0.3 is 0 Å². The summed E-state index contributed by atoms with van der Waals surface area (Å²) in [4.78, 5) is 9.14. The molecule has 0 amide bonds. The molecule has 2 aromatic rings. The Bertz CT molecular complexity index is 775. The average Bonchev–Trinajstić information content (AvgIpc) is 2.68.